The summed E-state index contributed by atoms with van der Waals surface area (Å²) >= 11 is 0. The maximum Gasteiger partial charge on any atom is 0.230 e. The second kappa shape index (κ2) is 4.13. The van der Waals surface area contributed by atoms with Crippen LogP contribution in [0.15, 0.2) is 54.9 Å². The maximum absolute atomic E-state index is 12.4. The number of Topliss-reactive ketones (excluding diaryl/α,β-unsaturated/α-hetero) is 1. The van der Waals surface area contributed by atoms with E-state index in [9.17, 15) is 4.79 Å². The largest absolute Gasteiger partial charge is 0.287 e. The first-order valence-electron chi connectivity index (χ1n) is 5.94. The molecule has 1 aromatic carbocycles. The van der Waals surface area contributed by atoms with Gasteiger partial charge in [-0.25, -0.2) is 0 Å². The zero-order valence-electron chi connectivity index (χ0n) is 9.54. The number of aromatic nitrogens is 1. The predicted octanol–water partition coefficient (Wildman–Crippen LogP) is 2.34. The Balaban J connectivity index is 2.00. The van der Waals surface area contributed by atoms with Crippen LogP contribution < -0.4 is 4.57 Å². The number of rotatable bonds is 1. The van der Waals surface area contributed by atoms with Crippen molar-refractivity contribution in [3.8, 4) is 0 Å². The number of fused-ring (bicyclic) bond motifs is 1. The fraction of sp³-hybridized carbons (Fsp3) is 0.200. The van der Waals surface area contributed by atoms with Crippen LogP contribution >= 0.6 is 0 Å². The Morgan fingerprint density at radius 1 is 1.00 bits per heavy atom. The van der Waals surface area contributed by atoms with Crippen LogP contribution in [0.3, 0.4) is 0 Å². The number of carbonyl (C=O) groups excluding carboxylic acids is 1. The first-order valence-corrected chi connectivity index (χ1v) is 5.94. The molecule has 1 aromatic heterocycles. The average molecular weight is 224 g/mol. The molecular weight excluding hydrogens is 210 g/mol. The molecule has 84 valence electrons. The Hall–Kier alpha value is -1.96. The van der Waals surface area contributed by atoms with Gasteiger partial charge in [0.25, 0.3) is 0 Å². The smallest absolute Gasteiger partial charge is 0.230 e. The van der Waals surface area contributed by atoms with E-state index in [4.69, 9.17) is 0 Å². The predicted molar refractivity (Wildman–Crippen MR) is 64.8 cm³/mol. The van der Waals surface area contributed by atoms with Crippen LogP contribution in [-0.2, 0) is 6.42 Å². The molecule has 2 nitrogen and oxygen atoms in total. The van der Waals surface area contributed by atoms with E-state index >= 15 is 0 Å². The third-order valence-corrected chi connectivity index (χ3v) is 3.37. The van der Waals surface area contributed by atoms with Crippen molar-refractivity contribution in [2.75, 3.05) is 0 Å². The molecule has 1 unspecified atom stereocenters. The van der Waals surface area contributed by atoms with E-state index in [1.807, 2.05) is 53.4 Å². The molecule has 3 rings (SSSR count). The highest BCUT2D eigenvalue weighted by Gasteiger charge is 2.33. The molecule has 0 spiro atoms. The van der Waals surface area contributed by atoms with Gasteiger partial charge in [-0.1, -0.05) is 30.3 Å². The van der Waals surface area contributed by atoms with Gasteiger partial charge in [-0.3, -0.25) is 4.79 Å². The third-order valence-electron chi connectivity index (χ3n) is 3.37. The molecule has 1 heterocycles. The SMILES string of the molecule is O=C1c2ccccc2CCC1[n+]1ccccc1. The highest BCUT2D eigenvalue weighted by molar-refractivity contribution is 6.00. The molecule has 2 heteroatoms. The van der Waals surface area contributed by atoms with E-state index in [-0.39, 0.29) is 11.8 Å². The van der Waals surface area contributed by atoms with Crippen LogP contribution in [0.2, 0.25) is 0 Å². The summed E-state index contributed by atoms with van der Waals surface area (Å²) in [6, 6.07) is 13.8. The van der Waals surface area contributed by atoms with E-state index in [1.165, 1.54) is 5.56 Å². The minimum absolute atomic E-state index is 0.0360. The van der Waals surface area contributed by atoms with Crippen molar-refractivity contribution >= 4 is 5.78 Å². The minimum atomic E-state index is -0.0360. The Morgan fingerprint density at radius 3 is 2.59 bits per heavy atom. The lowest BCUT2D eigenvalue weighted by Gasteiger charge is -2.19. The van der Waals surface area contributed by atoms with Crippen molar-refractivity contribution in [2.24, 2.45) is 0 Å². The van der Waals surface area contributed by atoms with Gasteiger partial charge in [0, 0.05) is 24.1 Å². The topological polar surface area (TPSA) is 20.9 Å². The first kappa shape index (κ1) is 10.2. The van der Waals surface area contributed by atoms with Gasteiger partial charge in [-0.2, -0.15) is 4.57 Å². The molecule has 0 N–H and O–H groups in total. The second-order valence-corrected chi connectivity index (χ2v) is 4.40. The Labute approximate surface area is 101 Å². The van der Waals surface area contributed by atoms with Gasteiger partial charge in [-0.05, 0) is 12.0 Å². The molecule has 0 bridgehead atoms. The maximum atomic E-state index is 12.4. The molecule has 1 atom stereocenters. The molecule has 0 saturated heterocycles. The average Bonchev–Trinajstić information content (AvgIpc) is 2.40. The summed E-state index contributed by atoms with van der Waals surface area (Å²) in [6.07, 6.45) is 5.81. The number of hydrogen-bond donors (Lipinski definition) is 0. The molecule has 0 saturated carbocycles. The molecule has 0 aliphatic heterocycles. The van der Waals surface area contributed by atoms with Gasteiger partial charge in [0.1, 0.15) is 0 Å². The van der Waals surface area contributed by atoms with Gasteiger partial charge in [-0.15, -0.1) is 0 Å². The van der Waals surface area contributed by atoms with Crippen molar-refractivity contribution in [3.63, 3.8) is 0 Å². The molecule has 1 aliphatic rings. The molecule has 0 radical (unpaired) electrons. The highest BCUT2D eigenvalue weighted by Crippen LogP contribution is 2.25. The summed E-state index contributed by atoms with van der Waals surface area (Å²) in [5.74, 6) is 0.239. The number of nitrogens with zero attached hydrogens (tertiary/aromatic N) is 1. The fourth-order valence-corrected chi connectivity index (χ4v) is 2.49. The van der Waals surface area contributed by atoms with Crippen LogP contribution in [0.5, 0.6) is 0 Å². The van der Waals surface area contributed by atoms with E-state index in [0.717, 1.165) is 18.4 Å². The molecule has 0 amide bonds. The summed E-state index contributed by atoms with van der Waals surface area (Å²) in [5.41, 5.74) is 2.07. The minimum Gasteiger partial charge on any atom is -0.287 e. The van der Waals surface area contributed by atoms with Crippen LogP contribution in [0.25, 0.3) is 0 Å². The van der Waals surface area contributed by atoms with Crippen molar-refractivity contribution in [2.45, 2.75) is 18.9 Å². The number of carbonyl (C=O) groups is 1. The second-order valence-electron chi connectivity index (χ2n) is 4.40. The number of benzene rings is 1. The molecular formula is C15H14NO+. The number of aryl methyl sites for hydroxylation is 1. The molecule has 1 aliphatic carbocycles. The Bertz CT molecular complexity index is 548. The normalized spacial score (nSPS) is 18.8. The zero-order chi connectivity index (χ0) is 11.7. The van der Waals surface area contributed by atoms with Gasteiger partial charge in [0.2, 0.25) is 11.8 Å². The first-order chi connectivity index (χ1) is 8.36. The quantitative estimate of drug-likeness (QED) is 0.681. The summed E-state index contributed by atoms with van der Waals surface area (Å²) < 4.78 is 2.01. The van der Waals surface area contributed by atoms with E-state index in [1.54, 1.807) is 0 Å². The summed E-state index contributed by atoms with van der Waals surface area (Å²) in [6.45, 7) is 0. The van der Waals surface area contributed by atoms with Crippen LogP contribution in [0.1, 0.15) is 28.4 Å². The number of pyridine rings is 1. The third kappa shape index (κ3) is 1.76. The summed E-state index contributed by atoms with van der Waals surface area (Å²) in [5, 5.41) is 0. The van der Waals surface area contributed by atoms with Gasteiger partial charge in [0.05, 0.1) is 0 Å². The van der Waals surface area contributed by atoms with Gasteiger partial charge < -0.3 is 0 Å². The zero-order valence-corrected chi connectivity index (χ0v) is 9.54. The standard InChI is InChI=1S/C15H14NO/c17-15-13-7-3-2-6-12(13)8-9-14(15)16-10-4-1-5-11-16/h1-7,10-11,14H,8-9H2/q+1. The fourth-order valence-electron chi connectivity index (χ4n) is 2.49. The number of hydrogen-bond acceptors (Lipinski definition) is 1. The highest BCUT2D eigenvalue weighted by atomic mass is 16.1. The lowest BCUT2D eigenvalue weighted by molar-refractivity contribution is -0.708. The Kier molecular flexibility index (Phi) is 2.48. The number of ketones is 1. The van der Waals surface area contributed by atoms with E-state index in [0.29, 0.717) is 0 Å². The molecule has 2 aromatic rings. The van der Waals surface area contributed by atoms with Crippen molar-refractivity contribution in [1.29, 1.82) is 0 Å². The van der Waals surface area contributed by atoms with E-state index < -0.39 is 0 Å². The van der Waals surface area contributed by atoms with Crippen molar-refractivity contribution < 1.29 is 9.36 Å². The molecule has 0 fully saturated rings. The van der Waals surface area contributed by atoms with Crippen LogP contribution in [-0.4, -0.2) is 5.78 Å². The lowest BCUT2D eigenvalue weighted by atomic mass is 9.87. The Morgan fingerprint density at radius 2 is 1.76 bits per heavy atom. The molecule has 17 heavy (non-hydrogen) atoms. The van der Waals surface area contributed by atoms with Gasteiger partial charge >= 0.3 is 0 Å². The van der Waals surface area contributed by atoms with E-state index in [2.05, 4.69) is 6.07 Å². The lowest BCUT2D eigenvalue weighted by Crippen LogP contribution is -2.45. The van der Waals surface area contributed by atoms with Gasteiger partial charge in [0.15, 0.2) is 12.4 Å². The monoisotopic (exact) mass is 224 g/mol. The van der Waals surface area contributed by atoms with Crippen LogP contribution in [0.4, 0.5) is 0 Å². The van der Waals surface area contributed by atoms with Crippen LogP contribution in [0, 0.1) is 0 Å². The summed E-state index contributed by atoms with van der Waals surface area (Å²) in [4.78, 5) is 12.4. The van der Waals surface area contributed by atoms with Crippen molar-refractivity contribution in [3.05, 3.63) is 66.0 Å². The summed E-state index contributed by atoms with van der Waals surface area (Å²) in [7, 11) is 0. The van der Waals surface area contributed by atoms with Crippen molar-refractivity contribution in [1.82, 2.24) is 0 Å².